The lowest BCUT2D eigenvalue weighted by Crippen LogP contribution is -2.45. The third-order valence-corrected chi connectivity index (χ3v) is 5.78. The van der Waals surface area contributed by atoms with Crippen LogP contribution >= 0.6 is 0 Å². The maximum absolute atomic E-state index is 12.6. The third kappa shape index (κ3) is 3.44. The van der Waals surface area contributed by atoms with Crippen LogP contribution in [0.25, 0.3) is 21.8 Å². The summed E-state index contributed by atoms with van der Waals surface area (Å²) in [6, 6.07) is 18.1. The largest absolute Gasteiger partial charge is 0.380 e. The Morgan fingerprint density at radius 3 is 2.63 bits per heavy atom. The van der Waals surface area contributed by atoms with Crippen LogP contribution in [0.1, 0.15) is 25.5 Å². The lowest BCUT2D eigenvalue weighted by molar-refractivity contribution is -0.110. The second kappa shape index (κ2) is 7.22. The van der Waals surface area contributed by atoms with Crippen molar-refractivity contribution >= 4 is 27.8 Å². The second-order valence-corrected chi connectivity index (χ2v) is 8.51. The summed E-state index contributed by atoms with van der Waals surface area (Å²) in [6.07, 6.45) is 1.77. The summed E-state index contributed by atoms with van der Waals surface area (Å²) >= 11 is 0. The van der Waals surface area contributed by atoms with Gasteiger partial charge in [-0.1, -0.05) is 43.3 Å². The van der Waals surface area contributed by atoms with Crippen LogP contribution in [0.15, 0.2) is 65.6 Å². The Kier molecular flexibility index (Phi) is 4.51. The maximum atomic E-state index is 12.6. The van der Waals surface area contributed by atoms with Gasteiger partial charge in [-0.2, -0.15) is 4.98 Å². The predicted molar refractivity (Wildman–Crippen MR) is 119 cm³/mol. The van der Waals surface area contributed by atoms with Crippen molar-refractivity contribution in [1.82, 2.24) is 14.5 Å². The normalized spacial score (nSPS) is 16.3. The van der Waals surface area contributed by atoms with Crippen LogP contribution in [0, 0.1) is 5.41 Å². The highest BCUT2D eigenvalue weighted by atomic mass is 16.5. The summed E-state index contributed by atoms with van der Waals surface area (Å²) in [5.41, 5.74) is 1.72. The molecule has 1 N–H and O–H groups in total. The van der Waals surface area contributed by atoms with Gasteiger partial charge in [-0.05, 0) is 35.4 Å². The number of benzene rings is 2. The van der Waals surface area contributed by atoms with Crippen molar-refractivity contribution in [1.29, 1.82) is 0 Å². The molecule has 2 aromatic heterocycles. The number of anilines is 1. The number of nitrogens with zero attached hydrogens (tertiary/aromatic N) is 3. The molecule has 30 heavy (non-hydrogen) atoms. The molecule has 1 saturated heterocycles. The molecule has 152 valence electrons. The Bertz CT molecular complexity index is 1290. The van der Waals surface area contributed by atoms with E-state index in [4.69, 9.17) is 9.72 Å². The Morgan fingerprint density at radius 2 is 1.87 bits per heavy atom. The molecule has 0 amide bonds. The van der Waals surface area contributed by atoms with E-state index in [0.29, 0.717) is 31.4 Å². The van der Waals surface area contributed by atoms with E-state index in [1.54, 1.807) is 22.9 Å². The van der Waals surface area contributed by atoms with E-state index in [1.165, 1.54) is 10.8 Å². The Hall–Kier alpha value is -3.25. The first-order valence-electron chi connectivity index (χ1n) is 10.2. The minimum atomic E-state index is -0.0529. The monoisotopic (exact) mass is 400 g/mol. The lowest BCUT2D eigenvalue weighted by atomic mass is 9.88. The van der Waals surface area contributed by atoms with Crippen molar-refractivity contribution in [3.8, 4) is 0 Å². The average Bonchev–Trinajstić information content (AvgIpc) is 2.74. The molecular formula is C24H24N4O2. The SMILES string of the molecule is CC(Nc1ncc2ccc(=O)n(CC3(C)COC3)c2n1)c1ccc2ccccc2c1. The van der Waals surface area contributed by atoms with Crippen molar-refractivity contribution in [2.75, 3.05) is 18.5 Å². The molecule has 3 heterocycles. The number of ether oxygens (including phenoxy) is 1. The fourth-order valence-electron chi connectivity index (χ4n) is 3.97. The molecule has 0 bridgehead atoms. The standard InChI is InChI=1S/C24H24N4O2/c1-16(18-8-7-17-5-3-4-6-19(17)11-18)26-23-25-12-20-9-10-21(29)28(22(20)27-23)13-24(2)14-30-15-24/h3-12,16H,13-15H2,1-2H3,(H,25,26,27). The Morgan fingerprint density at radius 1 is 1.10 bits per heavy atom. The maximum Gasteiger partial charge on any atom is 0.252 e. The number of rotatable bonds is 5. The minimum absolute atomic E-state index is 0.0217. The van der Waals surface area contributed by atoms with Crippen LogP contribution in [0.3, 0.4) is 0 Å². The van der Waals surface area contributed by atoms with E-state index in [1.807, 2.05) is 12.1 Å². The molecule has 5 rings (SSSR count). The second-order valence-electron chi connectivity index (χ2n) is 8.51. The van der Waals surface area contributed by atoms with Gasteiger partial charge in [0.25, 0.3) is 5.56 Å². The average molecular weight is 400 g/mol. The van der Waals surface area contributed by atoms with Crippen LogP contribution < -0.4 is 10.9 Å². The predicted octanol–water partition coefficient (Wildman–Crippen LogP) is 4.15. The number of nitrogens with one attached hydrogen (secondary N) is 1. The summed E-state index contributed by atoms with van der Waals surface area (Å²) in [4.78, 5) is 21.8. The zero-order valence-corrected chi connectivity index (χ0v) is 17.1. The fraction of sp³-hybridized carbons (Fsp3) is 0.292. The molecule has 0 radical (unpaired) electrons. The van der Waals surface area contributed by atoms with Gasteiger partial charge in [-0.15, -0.1) is 0 Å². The Balaban J connectivity index is 1.47. The molecule has 1 unspecified atom stereocenters. The van der Waals surface area contributed by atoms with E-state index in [0.717, 1.165) is 10.9 Å². The van der Waals surface area contributed by atoms with Gasteiger partial charge in [0.15, 0.2) is 0 Å². The molecular weight excluding hydrogens is 376 g/mol. The van der Waals surface area contributed by atoms with E-state index >= 15 is 0 Å². The van der Waals surface area contributed by atoms with Crippen molar-refractivity contribution in [2.24, 2.45) is 5.41 Å². The molecule has 1 aliphatic heterocycles. The topological polar surface area (TPSA) is 69.0 Å². The minimum Gasteiger partial charge on any atom is -0.380 e. The quantitative estimate of drug-likeness (QED) is 0.545. The highest BCUT2D eigenvalue weighted by Crippen LogP contribution is 2.29. The van der Waals surface area contributed by atoms with Crippen molar-refractivity contribution < 1.29 is 4.74 Å². The Labute approximate surface area is 174 Å². The number of pyridine rings is 1. The van der Waals surface area contributed by atoms with Crippen LogP contribution in [0.2, 0.25) is 0 Å². The van der Waals surface area contributed by atoms with Crippen molar-refractivity contribution in [3.63, 3.8) is 0 Å². The van der Waals surface area contributed by atoms with Gasteiger partial charge in [0.05, 0.1) is 19.3 Å². The summed E-state index contributed by atoms with van der Waals surface area (Å²) in [5, 5.41) is 6.66. The van der Waals surface area contributed by atoms with Gasteiger partial charge in [0, 0.05) is 29.6 Å². The zero-order chi connectivity index (χ0) is 20.7. The number of hydrogen-bond donors (Lipinski definition) is 1. The number of fused-ring (bicyclic) bond motifs is 2. The fourth-order valence-corrected chi connectivity index (χ4v) is 3.97. The van der Waals surface area contributed by atoms with Crippen LogP contribution in [-0.4, -0.2) is 27.7 Å². The molecule has 6 nitrogen and oxygen atoms in total. The van der Waals surface area contributed by atoms with Crippen LogP contribution in [-0.2, 0) is 11.3 Å². The molecule has 6 heteroatoms. The highest BCUT2D eigenvalue weighted by Gasteiger charge is 2.34. The van der Waals surface area contributed by atoms with E-state index in [9.17, 15) is 4.79 Å². The summed E-state index contributed by atoms with van der Waals surface area (Å²) < 4.78 is 7.10. The summed E-state index contributed by atoms with van der Waals surface area (Å²) in [5.74, 6) is 0.512. The molecule has 0 spiro atoms. The first-order valence-corrected chi connectivity index (χ1v) is 10.2. The van der Waals surface area contributed by atoms with Gasteiger partial charge < -0.3 is 10.1 Å². The molecule has 1 fully saturated rings. The lowest BCUT2D eigenvalue weighted by Gasteiger charge is -2.38. The van der Waals surface area contributed by atoms with E-state index < -0.39 is 0 Å². The summed E-state index contributed by atoms with van der Waals surface area (Å²) in [7, 11) is 0. The molecule has 2 aromatic carbocycles. The third-order valence-electron chi connectivity index (χ3n) is 5.78. The van der Waals surface area contributed by atoms with Crippen molar-refractivity contribution in [3.05, 3.63) is 76.7 Å². The van der Waals surface area contributed by atoms with Gasteiger partial charge >= 0.3 is 0 Å². The van der Waals surface area contributed by atoms with Crippen LogP contribution in [0.4, 0.5) is 5.95 Å². The van der Waals surface area contributed by atoms with Crippen molar-refractivity contribution in [2.45, 2.75) is 26.4 Å². The van der Waals surface area contributed by atoms with Gasteiger partial charge in [0.1, 0.15) is 5.65 Å². The first kappa shape index (κ1) is 18.8. The molecule has 0 saturated carbocycles. The molecule has 4 aromatic rings. The molecule has 1 aliphatic rings. The number of hydrogen-bond acceptors (Lipinski definition) is 5. The van der Waals surface area contributed by atoms with Gasteiger partial charge in [-0.3, -0.25) is 9.36 Å². The summed E-state index contributed by atoms with van der Waals surface area (Å²) in [6.45, 7) is 6.11. The van der Waals surface area contributed by atoms with Gasteiger partial charge in [-0.25, -0.2) is 4.98 Å². The molecule has 1 atom stereocenters. The number of aromatic nitrogens is 3. The zero-order valence-electron chi connectivity index (χ0n) is 17.1. The highest BCUT2D eigenvalue weighted by molar-refractivity contribution is 5.83. The van der Waals surface area contributed by atoms with Crippen LogP contribution in [0.5, 0.6) is 0 Å². The first-order chi connectivity index (χ1) is 14.5. The van der Waals surface area contributed by atoms with Gasteiger partial charge in [0.2, 0.25) is 5.95 Å². The molecule has 0 aliphatic carbocycles. The van der Waals surface area contributed by atoms with E-state index in [-0.39, 0.29) is 17.0 Å². The smallest absolute Gasteiger partial charge is 0.252 e. The van der Waals surface area contributed by atoms with E-state index in [2.05, 4.69) is 54.5 Å².